The highest BCUT2D eigenvalue weighted by atomic mass is 16.5. The molecule has 0 aliphatic heterocycles. The normalized spacial score (nSPS) is 11.6. The minimum Gasteiger partial charge on any atom is -0.494 e. The highest BCUT2D eigenvalue weighted by Gasteiger charge is 2.26. The third-order valence-corrected chi connectivity index (χ3v) is 6.72. The predicted molar refractivity (Wildman–Crippen MR) is 155 cm³/mol. The number of carbonyl (C=O) groups excluding carboxylic acids is 1. The topological polar surface area (TPSA) is 68.6 Å². The molecule has 0 aliphatic carbocycles. The van der Waals surface area contributed by atoms with Crippen LogP contribution in [-0.2, 0) is 9.53 Å². The van der Waals surface area contributed by atoms with Gasteiger partial charge in [-0.1, -0.05) is 45.2 Å². The molecule has 0 heterocycles. The van der Waals surface area contributed by atoms with Gasteiger partial charge >= 0.3 is 5.97 Å². The Hall–Kier alpha value is -3.26. The number of esters is 1. The van der Waals surface area contributed by atoms with Crippen molar-refractivity contribution in [3.63, 3.8) is 0 Å². The molecule has 206 valence electrons. The summed E-state index contributed by atoms with van der Waals surface area (Å²) in [5, 5.41) is 9.68. The van der Waals surface area contributed by atoms with Gasteiger partial charge < -0.3 is 14.2 Å². The number of rotatable bonds is 18. The standard InChI is InChI=1S/C33H45NO4/c1-5-7-8-11-22-37-31-20-16-28(17-21-31)29(26-34)25-27-14-18-30(19-15-27)36-23-12-9-10-13-24-38-32(35)33(3,4)6-2/h14-21,25H,5-13,22-24H2,1-4H3/b29-25+. The molecule has 5 nitrogen and oxygen atoms in total. The number of allylic oxidation sites excluding steroid dienone is 1. The maximum atomic E-state index is 12.0. The number of benzene rings is 2. The average Bonchev–Trinajstić information content (AvgIpc) is 2.94. The summed E-state index contributed by atoms with van der Waals surface area (Å²) in [5.41, 5.74) is 2.03. The highest BCUT2D eigenvalue weighted by Crippen LogP contribution is 2.23. The third-order valence-electron chi connectivity index (χ3n) is 6.72. The van der Waals surface area contributed by atoms with E-state index in [1.54, 1.807) is 0 Å². The Balaban J connectivity index is 1.71. The van der Waals surface area contributed by atoms with Gasteiger partial charge in [0.2, 0.25) is 0 Å². The van der Waals surface area contributed by atoms with E-state index in [1.807, 2.05) is 75.4 Å². The van der Waals surface area contributed by atoms with Gasteiger partial charge in [0, 0.05) is 0 Å². The second kappa shape index (κ2) is 17.3. The number of nitrogens with zero attached hydrogens (tertiary/aromatic N) is 1. The van der Waals surface area contributed by atoms with Gasteiger partial charge in [0.15, 0.2) is 0 Å². The van der Waals surface area contributed by atoms with Gasteiger partial charge in [0.05, 0.1) is 36.9 Å². The zero-order chi connectivity index (χ0) is 27.6. The fourth-order valence-corrected chi connectivity index (χ4v) is 3.71. The van der Waals surface area contributed by atoms with Gasteiger partial charge in [-0.15, -0.1) is 0 Å². The van der Waals surface area contributed by atoms with Crippen LogP contribution in [0.1, 0.15) is 96.6 Å². The summed E-state index contributed by atoms with van der Waals surface area (Å²) in [4.78, 5) is 12.0. The van der Waals surface area contributed by atoms with E-state index in [0.29, 0.717) is 18.8 Å². The van der Waals surface area contributed by atoms with Crippen LogP contribution in [0.5, 0.6) is 11.5 Å². The number of carbonyl (C=O) groups is 1. The summed E-state index contributed by atoms with van der Waals surface area (Å²) in [6, 6.07) is 17.8. The first kappa shape index (κ1) is 31.0. The monoisotopic (exact) mass is 519 g/mol. The largest absolute Gasteiger partial charge is 0.494 e. The van der Waals surface area contributed by atoms with E-state index in [4.69, 9.17) is 14.2 Å². The molecule has 0 bridgehead atoms. The lowest BCUT2D eigenvalue weighted by Gasteiger charge is -2.20. The van der Waals surface area contributed by atoms with Crippen LogP contribution < -0.4 is 9.47 Å². The summed E-state index contributed by atoms with van der Waals surface area (Å²) in [7, 11) is 0. The lowest BCUT2D eigenvalue weighted by Crippen LogP contribution is -2.26. The molecule has 0 saturated carbocycles. The van der Waals surface area contributed by atoms with E-state index >= 15 is 0 Å². The molecular formula is C33H45NO4. The second-order valence-corrected chi connectivity index (χ2v) is 10.3. The summed E-state index contributed by atoms with van der Waals surface area (Å²) in [6.45, 7) is 9.90. The van der Waals surface area contributed by atoms with Crippen LogP contribution in [-0.4, -0.2) is 25.8 Å². The molecule has 0 N–H and O–H groups in total. The van der Waals surface area contributed by atoms with Crippen LogP contribution in [0, 0.1) is 16.7 Å². The molecule has 5 heteroatoms. The zero-order valence-electron chi connectivity index (χ0n) is 23.8. The van der Waals surface area contributed by atoms with Crippen molar-refractivity contribution >= 4 is 17.6 Å². The Labute approximate surface area is 229 Å². The number of hydrogen-bond donors (Lipinski definition) is 0. The van der Waals surface area contributed by atoms with Crippen molar-refractivity contribution in [1.82, 2.24) is 0 Å². The molecule has 38 heavy (non-hydrogen) atoms. The first-order valence-electron chi connectivity index (χ1n) is 14.1. The van der Waals surface area contributed by atoms with Gasteiger partial charge in [0.25, 0.3) is 0 Å². The van der Waals surface area contributed by atoms with E-state index in [2.05, 4.69) is 13.0 Å². The number of nitriles is 1. The minimum absolute atomic E-state index is 0.112. The summed E-state index contributed by atoms with van der Waals surface area (Å²) in [6.07, 6.45) is 11.3. The highest BCUT2D eigenvalue weighted by molar-refractivity contribution is 5.89. The van der Waals surface area contributed by atoms with Crippen molar-refractivity contribution in [3.05, 3.63) is 59.7 Å². The lowest BCUT2D eigenvalue weighted by molar-refractivity contribution is -0.154. The van der Waals surface area contributed by atoms with Crippen molar-refractivity contribution < 1.29 is 19.0 Å². The molecule has 0 spiro atoms. The third kappa shape index (κ3) is 11.4. The number of ether oxygens (including phenoxy) is 3. The molecule has 0 unspecified atom stereocenters. The molecule has 2 aromatic carbocycles. The molecule has 0 saturated heterocycles. The van der Waals surface area contributed by atoms with E-state index in [0.717, 1.165) is 67.8 Å². The number of unbranched alkanes of at least 4 members (excludes halogenated alkanes) is 6. The van der Waals surface area contributed by atoms with Crippen molar-refractivity contribution in [1.29, 1.82) is 5.26 Å². The van der Waals surface area contributed by atoms with Crippen molar-refractivity contribution in [2.75, 3.05) is 19.8 Å². The lowest BCUT2D eigenvalue weighted by atomic mass is 9.91. The van der Waals surface area contributed by atoms with E-state index < -0.39 is 5.41 Å². The predicted octanol–water partition coefficient (Wildman–Crippen LogP) is 8.63. The first-order chi connectivity index (χ1) is 18.4. The smallest absolute Gasteiger partial charge is 0.311 e. The Morgan fingerprint density at radius 3 is 1.84 bits per heavy atom. The SMILES string of the molecule is CCCCCCOc1ccc(/C(C#N)=C/c2ccc(OCCCCCCOC(=O)C(C)(C)CC)cc2)cc1. The molecule has 0 atom stereocenters. The first-order valence-corrected chi connectivity index (χ1v) is 14.1. The van der Waals surface area contributed by atoms with Crippen molar-refractivity contribution in [2.45, 2.75) is 85.5 Å². The van der Waals surface area contributed by atoms with Gasteiger partial charge in [0.1, 0.15) is 11.5 Å². The maximum absolute atomic E-state index is 12.0. The van der Waals surface area contributed by atoms with Gasteiger partial charge in [-0.25, -0.2) is 0 Å². The molecular weight excluding hydrogens is 474 g/mol. The maximum Gasteiger partial charge on any atom is 0.311 e. The molecule has 0 aromatic heterocycles. The van der Waals surface area contributed by atoms with Gasteiger partial charge in [-0.2, -0.15) is 5.26 Å². The molecule has 2 rings (SSSR count). The summed E-state index contributed by atoms with van der Waals surface area (Å²) in [5.74, 6) is 1.54. The van der Waals surface area contributed by atoms with Crippen LogP contribution in [0.15, 0.2) is 48.5 Å². The Bertz CT molecular complexity index is 1020. The number of hydrogen-bond acceptors (Lipinski definition) is 5. The van der Waals surface area contributed by atoms with Gasteiger partial charge in [-0.3, -0.25) is 4.79 Å². The zero-order valence-corrected chi connectivity index (χ0v) is 23.8. The van der Waals surface area contributed by atoms with Crippen LogP contribution >= 0.6 is 0 Å². The molecule has 0 fully saturated rings. The van der Waals surface area contributed by atoms with Gasteiger partial charge in [-0.05, 0) is 106 Å². The quantitative estimate of drug-likeness (QED) is 0.0853. The summed E-state index contributed by atoms with van der Waals surface area (Å²) >= 11 is 0. The van der Waals surface area contributed by atoms with Crippen LogP contribution in [0.3, 0.4) is 0 Å². The molecule has 0 aliphatic rings. The molecule has 2 aromatic rings. The minimum atomic E-state index is -0.399. The van der Waals surface area contributed by atoms with Crippen LogP contribution in [0.2, 0.25) is 0 Å². The van der Waals surface area contributed by atoms with Crippen LogP contribution in [0.25, 0.3) is 11.6 Å². The Morgan fingerprint density at radius 1 is 0.789 bits per heavy atom. The molecule has 0 amide bonds. The fraction of sp³-hybridized carbons (Fsp3) is 0.515. The summed E-state index contributed by atoms with van der Waals surface area (Å²) < 4.78 is 17.0. The second-order valence-electron chi connectivity index (χ2n) is 10.3. The van der Waals surface area contributed by atoms with E-state index in [9.17, 15) is 10.1 Å². The fourth-order valence-electron chi connectivity index (χ4n) is 3.71. The Kier molecular flexibility index (Phi) is 14.1. The molecule has 0 radical (unpaired) electrons. The van der Waals surface area contributed by atoms with Crippen LogP contribution in [0.4, 0.5) is 0 Å². The Morgan fingerprint density at radius 2 is 1.32 bits per heavy atom. The van der Waals surface area contributed by atoms with E-state index in [1.165, 1.54) is 19.3 Å². The van der Waals surface area contributed by atoms with Crippen molar-refractivity contribution in [3.8, 4) is 17.6 Å². The average molecular weight is 520 g/mol. The van der Waals surface area contributed by atoms with E-state index in [-0.39, 0.29) is 5.97 Å². The van der Waals surface area contributed by atoms with Crippen molar-refractivity contribution in [2.24, 2.45) is 5.41 Å².